The Labute approximate surface area is 202 Å². The lowest BCUT2D eigenvalue weighted by Gasteiger charge is -2.11. The minimum absolute atomic E-state index is 0.00135. The standard InChI is InChI=1S/C14H15N3O2.C14H20O/c1-8-4-9(2-3-10(8)7-18)11-5-12(14(16)19)13(15)17-6-11;1-11-7-8-13(9-12(11)2)10-15-14-5-3-4-6-14/h2-6,18H,7H2,1H3,(H2,15,17)(H2,16,19);7-9,14H,3-6,10H2,1-2H3. The molecule has 0 bridgehead atoms. The van der Waals surface area contributed by atoms with Crippen LogP contribution in [0.5, 0.6) is 0 Å². The van der Waals surface area contributed by atoms with Crippen LogP contribution in [0.25, 0.3) is 11.1 Å². The number of aryl methyl sites for hydroxylation is 3. The number of rotatable bonds is 6. The number of anilines is 1. The van der Waals surface area contributed by atoms with Crippen LogP contribution in [0.1, 0.15) is 63.9 Å². The number of ether oxygens (including phenoxy) is 1. The smallest absolute Gasteiger partial charge is 0.252 e. The van der Waals surface area contributed by atoms with Crippen LogP contribution in [-0.2, 0) is 18.0 Å². The van der Waals surface area contributed by atoms with E-state index in [4.69, 9.17) is 21.3 Å². The monoisotopic (exact) mass is 461 g/mol. The van der Waals surface area contributed by atoms with Crippen molar-refractivity contribution in [1.29, 1.82) is 0 Å². The minimum Gasteiger partial charge on any atom is -0.392 e. The van der Waals surface area contributed by atoms with E-state index in [1.54, 1.807) is 12.3 Å². The number of benzene rings is 2. The van der Waals surface area contributed by atoms with E-state index in [-0.39, 0.29) is 18.0 Å². The molecule has 0 saturated heterocycles. The second-order valence-electron chi connectivity index (χ2n) is 8.96. The maximum Gasteiger partial charge on any atom is 0.252 e. The van der Waals surface area contributed by atoms with Crippen LogP contribution in [0.15, 0.2) is 48.7 Å². The number of nitrogens with two attached hydrogens (primary N) is 2. The van der Waals surface area contributed by atoms with Gasteiger partial charge in [-0.05, 0) is 73.1 Å². The van der Waals surface area contributed by atoms with Gasteiger partial charge in [0.2, 0.25) is 0 Å². The summed E-state index contributed by atoms with van der Waals surface area (Å²) in [7, 11) is 0. The molecule has 180 valence electrons. The number of pyridine rings is 1. The predicted octanol–water partition coefficient (Wildman–Crippen LogP) is 4.99. The molecule has 0 aliphatic heterocycles. The first kappa shape index (κ1) is 25.4. The Balaban J connectivity index is 0.000000196. The number of nitrogens with zero attached hydrogens (tertiary/aromatic N) is 1. The highest BCUT2D eigenvalue weighted by atomic mass is 16.5. The highest BCUT2D eigenvalue weighted by Gasteiger charge is 2.15. The third kappa shape index (κ3) is 6.65. The van der Waals surface area contributed by atoms with Gasteiger partial charge in [0.1, 0.15) is 5.82 Å². The van der Waals surface area contributed by atoms with Gasteiger partial charge in [-0.1, -0.05) is 49.2 Å². The second-order valence-corrected chi connectivity index (χ2v) is 8.96. The number of aliphatic hydroxyl groups is 1. The number of nitrogen functional groups attached to an aromatic ring is 1. The van der Waals surface area contributed by atoms with Gasteiger partial charge < -0.3 is 21.3 Å². The molecule has 0 spiro atoms. The number of carbonyl (C=O) groups excluding carboxylic acids is 1. The van der Waals surface area contributed by atoms with Gasteiger partial charge in [0.15, 0.2) is 0 Å². The quantitative estimate of drug-likeness (QED) is 0.479. The summed E-state index contributed by atoms with van der Waals surface area (Å²) < 4.78 is 5.88. The predicted molar refractivity (Wildman–Crippen MR) is 136 cm³/mol. The van der Waals surface area contributed by atoms with E-state index in [1.165, 1.54) is 42.4 Å². The Morgan fingerprint density at radius 1 is 1.00 bits per heavy atom. The lowest BCUT2D eigenvalue weighted by atomic mass is 10.00. The fourth-order valence-electron chi connectivity index (χ4n) is 4.05. The number of amides is 1. The average molecular weight is 462 g/mol. The van der Waals surface area contributed by atoms with E-state index >= 15 is 0 Å². The number of aromatic nitrogens is 1. The summed E-state index contributed by atoms with van der Waals surface area (Å²) in [4.78, 5) is 15.2. The first-order valence-corrected chi connectivity index (χ1v) is 11.7. The first-order chi connectivity index (χ1) is 16.3. The van der Waals surface area contributed by atoms with E-state index in [2.05, 4.69) is 37.0 Å². The Morgan fingerprint density at radius 2 is 1.74 bits per heavy atom. The molecule has 1 heterocycles. The Bertz CT molecular complexity index is 1140. The van der Waals surface area contributed by atoms with Crippen molar-refractivity contribution in [2.45, 2.75) is 65.8 Å². The van der Waals surface area contributed by atoms with Gasteiger partial charge in [-0.15, -0.1) is 0 Å². The third-order valence-electron chi connectivity index (χ3n) is 6.39. The molecular weight excluding hydrogens is 426 g/mol. The fraction of sp³-hybridized carbons (Fsp3) is 0.357. The zero-order valence-electron chi connectivity index (χ0n) is 20.3. The van der Waals surface area contributed by atoms with Crippen LogP contribution in [0, 0.1) is 20.8 Å². The number of carbonyl (C=O) groups is 1. The van der Waals surface area contributed by atoms with Crippen molar-refractivity contribution in [3.63, 3.8) is 0 Å². The molecule has 1 aromatic heterocycles. The molecule has 4 rings (SSSR count). The van der Waals surface area contributed by atoms with Crippen molar-refractivity contribution in [3.8, 4) is 11.1 Å². The summed E-state index contributed by atoms with van der Waals surface area (Å²) in [6.45, 7) is 7.00. The number of hydrogen-bond acceptors (Lipinski definition) is 5. The Hall–Kier alpha value is -3.22. The molecule has 3 aromatic rings. The summed E-state index contributed by atoms with van der Waals surface area (Å²) in [5.41, 5.74) is 18.6. The van der Waals surface area contributed by atoms with Crippen LogP contribution >= 0.6 is 0 Å². The maximum atomic E-state index is 11.2. The van der Waals surface area contributed by atoms with Gasteiger partial charge in [-0.3, -0.25) is 4.79 Å². The van der Waals surface area contributed by atoms with Crippen molar-refractivity contribution in [2.24, 2.45) is 5.73 Å². The van der Waals surface area contributed by atoms with Crippen LogP contribution in [0.3, 0.4) is 0 Å². The van der Waals surface area contributed by atoms with Gasteiger partial charge >= 0.3 is 0 Å². The zero-order chi connectivity index (χ0) is 24.7. The second kappa shape index (κ2) is 11.8. The topological polar surface area (TPSA) is 111 Å². The van der Waals surface area contributed by atoms with Crippen molar-refractivity contribution in [1.82, 2.24) is 4.98 Å². The van der Waals surface area contributed by atoms with Crippen molar-refractivity contribution < 1.29 is 14.6 Å². The summed E-state index contributed by atoms with van der Waals surface area (Å²) in [6.07, 6.45) is 7.31. The van der Waals surface area contributed by atoms with Gasteiger partial charge in [-0.25, -0.2) is 4.98 Å². The highest BCUT2D eigenvalue weighted by molar-refractivity contribution is 5.98. The molecular formula is C28H35N3O3. The lowest BCUT2D eigenvalue weighted by molar-refractivity contribution is 0.0456. The lowest BCUT2D eigenvalue weighted by Crippen LogP contribution is -2.14. The summed E-state index contributed by atoms with van der Waals surface area (Å²) in [5, 5.41) is 9.14. The maximum absolute atomic E-state index is 11.2. The third-order valence-corrected chi connectivity index (χ3v) is 6.39. The summed E-state index contributed by atoms with van der Waals surface area (Å²) in [6, 6.07) is 13.8. The van der Waals surface area contributed by atoms with E-state index in [0.717, 1.165) is 28.9 Å². The van der Waals surface area contributed by atoms with Crippen LogP contribution in [0.4, 0.5) is 5.82 Å². The van der Waals surface area contributed by atoms with Gasteiger partial charge in [0.05, 0.1) is 24.9 Å². The highest BCUT2D eigenvalue weighted by Crippen LogP contribution is 2.25. The SMILES string of the molecule is Cc1cc(-c2cnc(N)c(C(N)=O)c2)ccc1CO.Cc1ccc(COC2CCCC2)cc1C. The molecule has 5 N–H and O–H groups in total. The minimum atomic E-state index is -0.601. The molecule has 6 heteroatoms. The van der Waals surface area contributed by atoms with Gasteiger partial charge in [-0.2, -0.15) is 0 Å². The van der Waals surface area contributed by atoms with Crippen molar-refractivity contribution in [2.75, 3.05) is 5.73 Å². The molecule has 0 unspecified atom stereocenters. The molecule has 1 aliphatic carbocycles. The van der Waals surface area contributed by atoms with E-state index in [9.17, 15) is 4.79 Å². The molecule has 1 amide bonds. The molecule has 1 saturated carbocycles. The fourth-order valence-corrected chi connectivity index (χ4v) is 4.05. The largest absolute Gasteiger partial charge is 0.392 e. The van der Waals surface area contributed by atoms with Crippen LogP contribution < -0.4 is 11.5 Å². The average Bonchev–Trinajstić information content (AvgIpc) is 3.34. The molecule has 6 nitrogen and oxygen atoms in total. The van der Waals surface area contributed by atoms with Gasteiger partial charge in [0.25, 0.3) is 5.91 Å². The molecule has 0 radical (unpaired) electrons. The molecule has 1 aliphatic rings. The zero-order valence-corrected chi connectivity index (χ0v) is 20.3. The number of aliphatic hydroxyl groups excluding tert-OH is 1. The molecule has 2 aromatic carbocycles. The van der Waals surface area contributed by atoms with Crippen LogP contribution in [-0.4, -0.2) is 22.1 Å². The molecule has 1 fully saturated rings. The summed E-state index contributed by atoms with van der Waals surface area (Å²) >= 11 is 0. The van der Waals surface area contributed by atoms with Crippen molar-refractivity contribution in [3.05, 3.63) is 82.0 Å². The molecule has 34 heavy (non-hydrogen) atoms. The number of primary amides is 1. The number of hydrogen-bond donors (Lipinski definition) is 3. The van der Waals surface area contributed by atoms with Crippen LogP contribution in [0.2, 0.25) is 0 Å². The van der Waals surface area contributed by atoms with E-state index in [0.29, 0.717) is 6.10 Å². The molecule has 0 atom stereocenters. The van der Waals surface area contributed by atoms with Gasteiger partial charge in [0, 0.05) is 11.8 Å². The Kier molecular flexibility index (Phi) is 8.79. The summed E-state index contributed by atoms with van der Waals surface area (Å²) in [5.74, 6) is -0.476. The van der Waals surface area contributed by atoms with E-state index in [1.807, 2.05) is 25.1 Å². The van der Waals surface area contributed by atoms with E-state index < -0.39 is 5.91 Å². The Morgan fingerprint density at radius 3 is 2.35 bits per heavy atom. The first-order valence-electron chi connectivity index (χ1n) is 11.7. The van der Waals surface area contributed by atoms with Crippen molar-refractivity contribution >= 4 is 11.7 Å². The normalized spacial score (nSPS) is 13.4.